The summed E-state index contributed by atoms with van der Waals surface area (Å²) in [7, 11) is 0. The Hall–Kier alpha value is -0.380. The molecule has 2 N–H and O–H groups in total. The van der Waals surface area contributed by atoms with Crippen LogP contribution < -0.4 is 0 Å². The number of rotatable bonds is 5. The van der Waals surface area contributed by atoms with E-state index in [1.54, 1.807) is 0 Å². The normalized spacial score (nSPS) is 50.6. The molecule has 5 rings (SSSR count). The number of hydrogen-bond acceptors (Lipinski definition) is 3. The minimum Gasteiger partial charge on any atom is -0.393 e. The topological polar surface area (TPSA) is 53.0 Å². The van der Waals surface area contributed by atoms with E-state index < -0.39 is 6.10 Å². The molecule has 3 nitrogen and oxygen atoms in total. The van der Waals surface area contributed by atoms with Crippen molar-refractivity contribution < 1.29 is 14.9 Å². The van der Waals surface area contributed by atoms with Crippen molar-refractivity contribution in [1.82, 2.24) is 0 Å². The van der Waals surface area contributed by atoms with E-state index in [0.29, 0.717) is 17.8 Å². The van der Waals surface area contributed by atoms with Crippen molar-refractivity contribution >= 4 is 0 Å². The van der Waals surface area contributed by atoms with E-state index in [2.05, 4.69) is 34.6 Å². The first-order chi connectivity index (χ1) is 14.1. The summed E-state index contributed by atoms with van der Waals surface area (Å²) >= 11 is 0. The molecule has 1 heterocycles. The first kappa shape index (κ1) is 21.5. The van der Waals surface area contributed by atoms with E-state index in [1.807, 2.05) is 0 Å². The summed E-state index contributed by atoms with van der Waals surface area (Å²) in [5.74, 6) is 2.89. The molecule has 0 radical (unpaired) electrons. The Kier molecular flexibility index (Phi) is 5.05. The van der Waals surface area contributed by atoms with Crippen LogP contribution in [0.1, 0.15) is 98.8 Å². The fourth-order valence-corrected chi connectivity index (χ4v) is 8.88. The monoisotopic (exact) mass is 416 g/mol. The van der Waals surface area contributed by atoms with Gasteiger partial charge in [0.15, 0.2) is 0 Å². The summed E-state index contributed by atoms with van der Waals surface area (Å²) in [6, 6.07) is 0. The quantitative estimate of drug-likeness (QED) is 0.451. The fraction of sp³-hybridized carbons (Fsp3) is 0.926. The van der Waals surface area contributed by atoms with Crippen molar-refractivity contribution in [3.05, 3.63) is 11.1 Å². The molecule has 30 heavy (non-hydrogen) atoms. The van der Waals surface area contributed by atoms with E-state index in [4.69, 9.17) is 4.74 Å². The van der Waals surface area contributed by atoms with Gasteiger partial charge in [-0.1, -0.05) is 59.5 Å². The zero-order valence-electron chi connectivity index (χ0n) is 19.9. The van der Waals surface area contributed by atoms with Crippen molar-refractivity contribution in [2.75, 3.05) is 0 Å². The van der Waals surface area contributed by atoms with Crippen molar-refractivity contribution in [1.29, 1.82) is 0 Å². The Bertz CT molecular complexity index is 728. The average Bonchev–Trinajstić information content (AvgIpc) is 3.29. The van der Waals surface area contributed by atoms with E-state index in [9.17, 15) is 10.2 Å². The number of aliphatic hydroxyl groups is 2. The lowest BCUT2D eigenvalue weighted by atomic mass is 9.49. The molecule has 3 heteroatoms. The van der Waals surface area contributed by atoms with Gasteiger partial charge in [-0.15, -0.1) is 0 Å². The molecular formula is C27H44O3. The molecule has 1 saturated heterocycles. The third-order valence-corrected chi connectivity index (χ3v) is 10.6. The summed E-state index contributed by atoms with van der Waals surface area (Å²) in [6.07, 6.45) is 10.8. The van der Waals surface area contributed by atoms with Gasteiger partial charge in [0.25, 0.3) is 0 Å². The van der Waals surface area contributed by atoms with Crippen LogP contribution in [0.15, 0.2) is 11.1 Å². The predicted octanol–water partition coefficient (Wildman–Crippen LogP) is 5.63. The summed E-state index contributed by atoms with van der Waals surface area (Å²) in [5, 5.41) is 21.8. The summed E-state index contributed by atoms with van der Waals surface area (Å²) in [5.41, 5.74) is 2.98. The Balaban J connectivity index is 1.42. The average molecular weight is 417 g/mol. The second kappa shape index (κ2) is 7.06. The van der Waals surface area contributed by atoms with Gasteiger partial charge in [-0.05, 0) is 73.2 Å². The highest BCUT2D eigenvalue weighted by Gasteiger charge is 2.76. The molecule has 4 aliphatic carbocycles. The van der Waals surface area contributed by atoms with E-state index in [-0.39, 0.29) is 23.2 Å². The highest BCUT2D eigenvalue weighted by atomic mass is 16.6. The maximum absolute atomic E-state index is 11.5. The molecule has 1 spiro atoms. The van der Waals surface area contributed by atoms with Crippen LogP contribution in [-0.2, 0) is 4.74 Å². The predicted molar refractivity (Wildman–Crippen MR) is 120 cm³/mol. The summed E-state index contributed by atoms with van der Waals surface area (Å²) in [6.45, 7) is 12.1. The maximum Gasteiger partial charge on any atom is 0.118 e. The number of hydrogen-bond donors (Lipinski definition) is 2. The third kappa shape index (κ3) is 2.80. The van der Waals surface area contributed by atoms with Crippen molar-refractivity contribution in [2.45, 2.75) is 123 Å². The molecule has 1 unspecified atom stereocenters. The van der Waals surface area contributed by atoms with E-state index >= 15 is 0 Å². The highest BCUT2D eigenvalue weighted by Crippen LogP contribution is 2.72. The Labute approximate surface area is 183 Å². The van der Waals surface area contributed by atoms with Gasteiger partial charge in [0.05, 0.1) is 6.10 Å². The van der Waals surface area contributed by atoms with Crippen molar-refractivity contribution in [3.63, 3.8) is 0 Å². The molecule has 5 aliphatic rings. The SMILES string of the molecule is CC(C)CCC[C@@H](C)[C@H]1CCC2C3=C(CC[C@@]21C)[C@@]1(C)CC[C@H](O)C[C@@]12O[C@H]2[C@H]3O. The van der Waals surface area contributed by atoms with Gasteiger partial charge in [-0.3, -0.25) is 0 Å². The van der Waals surface area contributed by atoms with Crippen LogP contribution in [0.5, 0.6) is 0 Å². The number of epoxide rings is 1. The molecule has 0 aromatic carbocycles. The number of ether oxygens (including phenoxy) is 1. The Morgan fingerprint density at radius 1 is 1.03 bits per heavy atom. The zero-order valence-corrected chi connectivity index (χ0v) is 19.9. The minimum absolute atomic E-state index is 0.0216. The fourth-order valence-electron chi connectivity index (χ4n) is 8.88. The smallest absolute Gasteiger partial charge is 0.118 e. The third-order valence-electron chi connectivity index (χ3n) is 10.6. The molecular weight excluding hydrogens is 372 g/mol. The molecule has 0 amide bonds. The molecule has 0 aromatic heterocycles. The second-order valence-corrected chi connectivity index (χ2v) is 12.6. The lowest BCUT2D eigenvalue weighted by molar-refractivity contribution is -0.00158. The van der Waals surface area contributed by atoms with Gasteiger partial charge in [0, 0.05) is 11.8 Å². The first-order valence-electron chi connectivity index (χ1n) is 12.9. The lowest BCUT2D eigenvalue weighted by Crippen LogP contribution is -2.55. The van der Waals surface area contributed by atoms with Crippen molar-refractivity contribution in [3.8, 4) is 0 Å². The molecule has 3 fully saturated rings. The summed E-state index contributed by atoms with van der Waals surface area (Å²) in [4.78, 5) is 0. The van der Waals surface area contributed by atoms with Gasteiger partial charge < -0.3 is 14.9 Å². The van der Waals surface area contributed by atoms with Gasteiger partial charge in [-0.2, -0.15) is 0 Å². The number of fused-ring (bicyclic) bond motifs is 3. The van der Waals surface area contributed by atoms with E-state index in [0.717, 1.165) is 37.0 Å². The van der Waals surface area contributed by atoms with Crippen LogP contribution >= 0.6 is 0 Å². The van der Waals surface area contributed by atoms with Gasteiger partial charge in [0.2, 0.25) is 0 Å². The van der Waals surface area contributed by atoms with Crippen LogP contribution in [0.4, 0.5) is 0 Å². The first-order valence-corrected chi connectivity index (χ1v) is 12.9. The minimum atomic E-state index is -0.446. The molecule has 170 valence electrons. The van der Waals surface area contributed by atoms with Gasteiger partial charge >= 0.3 is 0 Å². The maximum atomic E-state index is 11.5. The standard InChI is InChI=1S/C27H44O3/c1-16(2)7-6-8-17(3)19-9-10-20-22-21(12-13-25(19,20)4)26(5)14-11-18(28)15-27(26)24(30-27)23(22)29/h16-20,23-24,28-29H,6-15H2,1-5H3/t17-,18+,19-,20?,23+,24+,25-,26-,27+/m1/s1. The largest absolute Gasteiger partial charge is 0.393 e. The van der Waals surface area contributed by atoms with Crippen molar-refractivity contribution in [2.24, 2.45) is 34.5 Å². The van der Waals surface area contributed by atoms with Crippen LogP contribution in [0, 0.1) is 34.5 Å². The van der Waals surface area contributed by atoms with Crippen LogP contribution in [0.3, 0.4) is 0 Å². The van der Waals surface area contributed by atoms with E-state index in [1.165, 1.54) is 49.7 Å². The molecule has 9 atom stereocenters. The molecule has 1 aliphatic heterocycles. The highest BCUT2D eigenvalue weighted by molar-refractivity contribution is 5.45. The van der Waals surface area contributed by atoms with Gasteiger partial charge in [-0.25, -0.2) is 0 Å². The number of aliphatic hydroxyl groups excluding tert-OH is 2. The Morgan fingerprint density at radius 2 is 1.80 bits per heavy atom. The molecule has 2 saturated carbocycles. The second-order valence-electron chi connectivity index (χ2n) is 12.6. The Morgan fingerprint density at radius 3 is 2.53 bits per heavy atom. The molecule has 0 bridgehead atoms. The molecule has 0 aromatic rings. The van der Waals surface area contributed by atoms with Gasteiger partial charge in [0.1, 0.15) is 17.8 Å². The van der Waals surface area contributed by atoms with Crippen LogP contribution in [-0.4, -0.2) is 34.1 Å². The summed E-state index contributed by atoms with van der Waals surface area (Å²) < 4.78 is 6.33. The zero-order chi connectivity index (χ0) is 21.5. The van der Waals surface area contributed by atoms with Crippen LogP contribution in [0.25, 0.3) is 0 Å². The lowest BCUT2D eigenvalue weighted by Gasteiger charge is -2.54. The van der Waals surface area contributed by atoms with Crippen LogP contribution in [0.2, 0.25) is 0 Å².